The number of aromatic nitrogens is 2. The van der Waals surface area contributed by atoms with E-state index in [0.29, 0.717) is 15.7 Å². The molecule has 3 heterocycles. The van der Waals surface area contributed by atoms with Gasteiger partial charge in [-0.2, -0.15) is 0 Å². The van der Waals surface area contributed by atoms with Crippen LogP contribution in [0, 0.1) is 18.5 Å². The van der Waals surface area contributed by atoms with E-state index < -0.39 is 0 Å². The first-order valence-corrected chi connectivity index (χ1v) is 10.00. The van der Waals surface area contributed by atoms with Gasteiger partial charge in [0.2, 0.25) is 0 Å². The van der Waals surface area contributed by atoms with Gasteiger partial charge < -0.3 is 15.4 Å². The minimum absolute atomic E-state index is 0.0899. The van der Waals surface area contributed by atoms with Crippen molar-refractivity contribution < 1.29 is 4.74 Å². The van der Waals surface area contributed by atoms with Gasteiger partial charge in [0.1, 0.15) is 6.20 Å². The van der Waals surface area contributed by atoms with Crippen LogP contribution in [0.3, 0.4) is 0 Å². The highest BCUT2D eigenvalue weighted by Gasteiger charge is 2.47. The molecule has 2 saturated heterocycles. The van der Waals surface area contributed by atoms with Crippen LogP contribution < -0.4 is 10.6 Å². The summed E-state index contributed by atoms with van der Waals surface area (Å²) in [6, 6.07) is 5.61. The molecule has 1 radical (unpaired) electrons. The van der Waals surface area contributed by atoms with Gasteiger partial charge in [0, 0.05) is 30.1 Å². The molecule has 0 aliphatic carbocycles. The molecule has 0 bridgehead atoms. The van der Waals surface area contributed by atoms with Gasteiger partial charge in [-0.15, -0.1) is 0 Å². The van der Waals surface area contributed by atoms with Gasteiger partial charge in [0.15, 0.2) is 5.82 Å². The van der Waals surface area contributed by atoms with Crippen molar-refractivity contribution >= 4 is 29.0 Å². The highest BCUT2D eigenvalue weighted by molar-refractivity contribution is 6.43. The van der Waals surface area contributed by atoms with E-state index in [1.807, 2.05) is 19.1 Å². The molecule has 27 heavy (non-hydrogen) atoms. The molecule has 5 nitrogen and oxygen atoms in total. The number of benzene rings is 1. The van der Waals surface area contributed by atoms with E-state index in [4.69, 9.17) is 38.7 Å². The third kappa shape index (κ3) is 3.31. The van der Waals surface area contributed by atoms with Crippen LogP contribution in [0.15, 0.2) is 18.2 Å². The third-order valence-electron chi connectivity index (χ3n) is 6.00. The van der Waals surface area contributed by atoms with E-state index >= 15 is 0 Å². The molecule has 7 heteroatoms. The molecule has 0 unspecified atom stereocenters. The molecular weight excluding hydrogens is 383 g/mol. The van der Waals surface area contributed by atoms with Crippen molar-refractivity contribution in [2.24, 2.45) is 11.1 Å². The van der Waals surface area contributed by atoms with Gasteiger partial charge in [-0.25, -0.2) is 9.97 Å². The van der Waals surface area contributed by atoms with Gasteiger partial charge in [0.05, 0.1) is 34.1 Å². The Hall–Kier alpha value is -1.40. The number of halogens is 2. The summed E-state index contributed by atoms with van der Waals surface area (Å²) in [5, 5.41) is 0.993. The van der Waals surface area contributed by atoms with Crippen LogP contribution in [0.5, 0.6) is 0 Å². The SMILES string of the molecule is Cc1nc(N2CCC3(CC2)CO[C@@H](C)[C@H]3N)[c]nc1-c1cccc(Cl)c1Cl. The summed E-state index contributed by atoms with van der Waals surface area (Å²) in [5.41, 5.74) is 8.79. The van der Waals surface area contributed by atoms with E-state index in [0.717, 1.165) is 49.6 Å². The van der Waals surface area contributed by atoms with Gasteiger partial charge in [-0.3, -0.25) is 0 Å². The zero-order valence-electron chi connectivity index (χ0n) is 15.5. The Labute approximate surface area is 169 Å². The largest absolute Gasteiger partial charge is 0.376 e. The lowest BCUT2D eigenvalue weighted by atomic mass is 9.73. The number of hydrogen-bond donors (Lipinski definition) is 1. The first-order valence-electron chi connectivity index (χ1n) is 9.24. The summed E-state index contributed by atoms with van der Waals surface area (Å²) in [6.45, 7) is 6.51. The average molecular weight is 406 g/mol. The lowest BCUT2D eigenvalue weighted by molar-refractivity contribution is 0.0974. The fourth-order valence-corrected chi connectivity index (χ4v) is 4.53. The van der Waals surface area contributed by atoms with Gasteiger partial charge in [-0.05, 0) is 32.8 Å². The molecule has 2 N–H and O–H groups in total. The van der Waals surface area contributed by atoms with Crippen molar-refractivity contribution in [3.05, 3.63) is 40.1 Å². The Morgan fingerprint density at radius 2 is 2.04 bits per heavy atom. The van der Waals surface area contributed by atoms with Gasteiger partial charge >= 0.3 is 0 Å². The summed E-state index contributed by atoms with van der Waals surface area (Å²) in [7, 11) is 0. The second-order valence-corrected chi connectivity index (χ2v) is 8.37. The lowest BCUT2D eigenvalue weighted by Gasteiger charge is -2.41. The van der Waals surface area contributed by atoms with Crippen molar-refractivity contribution in [3.63, 3.8) is 0 Å². The lowest BCUT2D eigenvalue weighted by Crippen LogP contribution is -2.50. The van der Waals surface area contributed by atoms with Crippen molar-refractivity contribution in [1.29, 1.82) is 0 Å². The third-order valence-corrected chi connectivity index (χ3v) is 6.81. The Bertz CT molecular complexity index is 852. The molecular formula is C20H23Cl2N4O. The minimum Gasteiger partial charge on any atom is -0.376 e. The molecule has 1 aromatic heterocycles. The highest BCUT2D eigenvalue weighted by atomic mass is 35.5. The fourth-order valence-electron chi connectivity index (χ4n) is 4.14. The monoisotopic (exact) mass is 405 g/mol. The Morgan fingerprint density at radius 3 is 2.67 bits per heavy atom. The molecule has 2 atom stereocenters. The second-order valence-electron chi connectivity index (χ2n) is 7.59. The summed E-state index contributed by atoms with van der Waals surface area (Å²) in [6.07, 6.45) is 5.21. The number of anilines is 1. The number of aryl methyl sites for hydroxylation is 1. The van der Waals surface area contributed by atoms with Crippen molar-refractivity contribution in [2.45, 2.75) is 38.8 Å². The molecule has 4 rings (SSSR count). The maximum Gasteiger partial charge on any atom is 0.157 e. The van der Waals surface area contributed by atoms with Gasteiger partial charge in [-0.1, -0.05) is 35.3 Å². The quantitative estimate of drug-likeness (QED) is 0.820. The minimum atomic E-state index is 0.0899. The van der Waals surface area contributed by atoms with Crippen molar-refractivity contribution in [2.75, 3.05) is 24.6 Å². The predicted octanol–water partition coefficient (Wildman–Crippen LogP) is 3.89. The van der Waals surface area contributed by atoms with E-state index in [-0.39, 0.29) is 17.6 Å². The fraction of sp³-hybridized carbons (Fsp3) is 0.500. The second kappa shape index (κ2) is 7.21. The first-order chi connectivity index (χ1) is 12.9. The Balaban J connectivity index is 1.53. The summed E-state index contributed by atoms with van der Waals surface area (Å²) in [5.74, 6) is 0.768. The molecule has 2 aromatic rings. The topological polar surface area (TPSA) is 64.3 Å². The zero-order valence-corrected chi connectivity index (χ0v) is 17.0. The van der Waals surface area contributed by atoms with Crippen molar-refractivity contribution in [1.82, 2.24) is 9.97 Å². The number of rotatable bonds is 2. The van der Waals surface area contributed by atoms with Crippen molar-refractivity contribution in [3.8, 4) is 11.3 Å². The highest BCUT2D eigenvalue weighted by Crippen LogP contribution is 2.42. The van der Waals surface area contributed by atoms with Crippen LogP contribution in [0.4, 0.5) is 5.82 Å². The van der Waals surface area contributed by atoms with Crippen LogP contribution in [0.1, 0.15) is 25.5 Å². The number of ether oxygens (including phenoxy) is 1. The number of piperidine rings is 1. The molecule has 1 spiro atoms. The van der Waals surface area contributed by atoms with Gasteiger partial charge in [0.25, 0.3) is 0 Å². The molecule has 2 fully saturated rings. The standard InChI is InChI=1S/C20H23Cl2N4O/c1-12-18(14-4-3-5-15(21)17(14)22)24-10-16(25-12)26-8-6-20(7-9-26)11-27-13(2)19(20)23/h3-5,13,19H,6-9,11,23H2,1-2H3/t13-,19+/m0/s1. The Kier molecular flexibility index (Phi) is 5.06. The molecule has 0 amide bonds. The molecule has 0 saturated carbocycles. The van der Waals surface area contributed by atoms with E-state index in [1.165, 1.54) is 0 Å². The maximum absolute atomic E-state index is 6.40. The zero-order chi connectivity index (χ0) is 19.2. The normalized spacial score (nSPS) is 24.6. The molecule has 2 aliphatic heterocycles. The Morgan fingerprint density at radius 1 is 1.30 bits per heavy atom. The van der Waals surface area contributed by atoms with Crippen LogP contribution >= 0.6 is 23.2 Å². The number of hydrogen-bond acceptors (Lipinski definition) is 5. The molecule has 2 aliphatic rings. The summed E-state index contributed by atoms with van der Waals surface area (Å²) >= 11 is 12.5. The van der Waals surface area contributed by atoms with Crippen LogP contribution in [-0.4, -0.2) is 41.8 Å². The summed E-state index contributed by atoms with van der Waals surface area (Å²) < 4.78 is 5.80. The van der Waals surface area contributed by atoms with Crippen LogP contribution in [-0.2, 0) is 4.74 Å². The molecule has 1 aromatic carbocycles. The van der Waals surface area contributed by atoms with Crippen LogP contribution in [0.2, 0.25) is 10.0 Å². The number of nitrogens with zero attached hydrogens (tertiary/aromatic N) is 3. The maximum atomic E-state index is 6.40. The van der Waals surface area contributed by atoms with E-state index in [1.54, 1.807) is 6.07 Å². The molecule has 143 valence electrons. The summed E-state index contributed by atoms with van der Waals surface area (Å²) in [4.78, 5) is 11.5. The predicted molar refractivity (Wildman–Crippen MR) is 108 cm³/mol. The average Bonchev–Trinajstić information content (AvgIpc) is 2.94. The smallest absolute Gasteiger partial charge is 0.157 e. The van der Waals surface area contributed by atoms with Crippen LogP contribution in [0.25, 0.3) is 11.3 Å². The number of nitrogens with two attached hydrogens (primary N) is 1. The first kappa shape index (κ1) is 18.9. The van der Waals surface area contributed by atoms with E-state index in [2.05, 4.69) is 23.0 Å². The van der Waals surface area contributed by atoms with E-state index in [9.17, 15) is 0 Å².